The van der Waals surface area contributed by atoms with Crippen LogP contribution < -0.4 is 10.6 Å². The van der Waals surface area contributed by atoms with Crippen molar-refractivity contribution in [3.63, 3.8) is 0 Å². The number of aryl methyl sites for hydroxylation is 1. The molecule has 0 saturated carbocycles. The van der Waals surface area contributed by atoms with Gasteiger partial charge in [0.2, 0.25) is 0 Å². The Labute approximate surface area is 97.1 Å². The highest BCUT2D eigenvalue weighted by Gasteiger charge is 2.23. The minimum atomic E-state index is 0. The molecule has 4 heteroatoms. The number of anilines is 1. The Morgan fingerprint density at radius 3 is 3.07 bits per heavy atom. The van der Waals surface area contributed by atoms with Crippen LogP contribution in [0, 0.1) is 6.92 Å². The van der Waals surface area contributed by atoms with Gasteiger partial charge in [0, 0.05) is 25.3 Å². The molecule has 2 heterocycles. The van der Waals surface area contributed by atoms with Crippen LogP contribution in [0.5, 0.6) is 0 Å². The van der Waals surface area contributed by atoms with E-state index < -0.39 is 0 Å². The molecule has 1 aromatic heterocycles. The molecule has 2 N–H and O–H groups in total. The highest BCUT2D eigenvalue weighted by atomic mass is 35.5. The lowest BCUT2D eigenvalue weighted by Gasteiger charge is -2.24. The SMILES string of the molecule is Cc1ccnc(N2CCCC2CN)c1.Cl. The van der Waals surface area contributed by atoms with Crippen LogP contribution in [0.15, 0.2) is 18.3 Å². The number of halogens is 1. The molecule has 2 rings (SSSR count). The predicted molar refractivity (Wildman–Crippen MR) is 65.6 cm³/mol. The summed E-state index contributed by atoms with van der Waals surface area (Å²) in [5, 5.41) is 0. The summed E-state index contributed by atoms with van der Waals surface area (Å²) in [6, 6.07) is 4.65. The zero-order chi connectivity index (χ0) is 9.97. The molecule has 1 saturated heterocycles. The third-order valence-electron chi connectivity index (χ3n) is 2.84. The second kappa shape index (κ2) is 5.33. The molecule has 84 valence electrons. The molecule has 1 fully saturated rings. The monoisotopic (exact) mass is 227 g/mol. The maximum atomic E-state index is 5.73. The molecule has 1 unspecified atom stereocenters. The van der Waals surface area contributed by atoms with E-state index in [2.05, 4.69) is 22.9 Å². The van der Waals surface area contributed by atoms with Crippen molar-refractivity contribution in [2.24, 2.45) is 5.73 Å². The maximum absolute atomic E-state index is 5.73. The van der Waals surface area contributed by atoms with Crippen molar-refractivity contribution < 1.29 is 0 Å². The third-order valence-corrected chi connectivity index (χ3v) is 2.84. The van der Waals surface area contributed by atoms with Gasteiger partial charge in [0.15, 0.2) is 0 Å². The van der Waals surface area contributed by atoms with E-state index >= 15 is 0 Å². The van der Waals surface area contributed by atoms with E-state index in [1.54, 1.807) is 0 Å². The van der Waals surface area contributed by atoms with Gasteiger partial charge in [0.25, 0.3) is 0 Å². The molecule has 1 aliphatic rings. The van der Waals surface area contributed by atoms with Gasteiger partial charge >= 0.3 is 0 Å². The minimum Gasteiger partial charge on any atom is -0.352 e. The lowest BCUT2D eigenvalue weighted by atomic mass is 10.2. The first-order valence-electron chi connectivity index (χ1n) is 5.20. The van der Waals surface area contributed by atoms with Crippen LogP contribution in [0.2, 0.25) is 0 Å². The van der Waals surface area contributed by atoms with Gasteiger partial charge in [-0.2, -0.15) is 0 Å². The quantitative estimate of drug-likeness (QED) is 0.837. The minimum absolute atomic E-state index is 0. The van der Waals surface area contributed by atoms with Crippen LogP contribution in [0.1, 0.15) is 18.4 Å². The smallest absolute Gasteiger partial charge is 0.129 e. The molecule has 1 aromatic rings. The normalized spacial score (nSPS) is 20.1. The summed E-state index contributed by atoms with van der Waals surface area (Å²) in [6.07, 6.45) is 4.31. The Kier molecular flexibility index (Phi) is 4.36. The molecule has 0 aliphatic carbocycles. The molecular formula is C11H18ClN3. The molecule has 0 amide bonds. The van der Waals surface area contributed by atoms with E-state index in [1.807, 2.05) is 12.3 Å². The lowest BCUT2D eigenvalue weighted by Crippen LogP contribution is -2.35. The fourth-order valence-electron chi connectivity index (χ4n) is 2.06. The molecule has 0 aromatic carbocycles. The summed E-state index contributed by atoms with van der Waals surface area (Å²) >= 11 is 0. The number of hydrogen-bond donors (Lipinski definition) is 1. The predicted octanol–water partition coefficient (Wildman–Crippen LogP) is 1.74. The number of nitrogens with zero attached hydrogens (tertiary/aromatic N) is 2. The van der Waals surface area contributed by atoms with E-state index in [0.717, 1.165) is 18.9 Å². The summed E-state index contributed by atoms with van der Waals surface area (Å²) in [5.41, 5.74) is 6.99. The van der Waals surface area contributed by atoms with Crippen LogP contribution in [0.4, 0.5) is 5.82 Å². The number of hydrogen-bond acceptors (Lipinski definition) is 3. The number of aromatic nitrogens is 1. The first-order valence-corrected chi connectivity index (χ1v) is 5.20. The Morgan fingerprint density at radius 2 is 2.40 bits per heavy atom. The second-order valence-corrected chi connectivity index (χ2v) is 3.92. The third kappa shape index (κ3) is 2.61. The largest absolute Gasteiger partial charge is 0.352 e. The topological polar surface area (TPSA) is 42.2 Å². The second-order valence-electron chi connectivity index (χ2n) is 3.92. The van der Waals surface area contributed by atoms with E-state index in [4.69, 9.17) is 5.73 Å². The van der Waals surface area contributed by atoms with Gasteiger partial charge in [-0.05, 0) is 37.5 Å². The maximum Gasteiger partial charge on any atom is 0.129 e. The summed E-state index contributed by atoms with van der Waals surface area (Å²) in [6.45, 7) is 3.92. The first kappa shape index (κ1) is 12.3. The van der Waals surface area contributed by atoms with Gasteiger partial charge < -0.3 is 10.6 Å². The summed E-state index contributed by atoms with van der Waals surface area (Å²) in [5.74, 6) is 1.08. The van der Waals surface area contributed by atoms with E-state index in [1.165, 1.54) is 18.4 Å². The summed E-state index contributed by atoms with van der Waals surface area (Å²) < 4.78 is 0. The van der Waals surface area contributed by atoms with Crippen LogP contribution in [0.3, 0.4) is 0 Å². The zero-order valence-corrected chi connectivity index (χ0v) is 9.83. The van der Waals surface area contributed by atoms with E-state index in [-0.39, 0.29) is 12.4 Å². The van der Waals surface area contributed by atoms with Gasteiger partial charge in [-0.25, -0.2) is 4.98 Å². The number of pyridine rings is 1. The van der Waals surface area contributed by atoms with Crippen molar-refractivity contribution in [3.8, 4) is 0 Å². The standard InChI is InChI=1S/C11H17N3.ClH/c1-9-4-5-13-11(7-9)14-6-2-3-10(14)8-12;/h4-5,7,10H,2-3,6,8,12H2,1H3;1H. The Morgan fingerprint density at radius 1 is 1.60 bits per heavy atom. The van der Waals surface area contributed by atoms with Crippen molar-refractivity contribution >= 4 is 18.2 Å². The van der Waals surface area contributed by atoms with Crippen molar-refractivity contribution in [1.29, 1.82) is 0 Å². The van der Waals surface area contributed by atoms with Gasteiger partial charge in [-0.1, -0.05) is 0 Å². The van der Waals surface area contributed by atoms with Gasteiger partial charge in [-0.15, -0.1) is 12.4 Å². The van der Waals surface area contributed by atoms with Gasteiger partial charge in [0.05, 0.1) is 0 Å². The van der Waals surface area contributed by atoms with Crippen LogP contribution in [-0.4, -0.2) is 24.1 Å². The van der Waals surface area contributed by atoms with E-state index in [9.17, 15) is 0 Å². The van der Waals surface area contributed by atoms with Gasteiger partial charge in [-0.3, -0.25) is 0 Å². The van der Waals surface area contributed by atoms with Crippen molar-refractivity contribution in [3.05, 3.63) is 23.9 Å². The lowest BCUT2D eigenvalue weighted by molar-refractivity contribution is 0.671. The highest BCUT2D eigenvalue weighted by molar-refractivity contribution is 5.85. The molecule has 0 spiro atoms. The molecule has 15 heavy (non-hydrogen) atoms. The van der Waals surface area contributed by atoms with Crippen molar-refractivity contribution in [2.75, 3.05) is 18.0 Å². The Hall–Kier alpha value is -0.800. The zero-order valence-electron chi connectivity index (χ0n) is 9.02. The van der Waals surface area contributed by atoms with E-state index in [0.29, 0.717) is 6.04 Å². The first-order chi connectivity index (χ1) is 6.81. The van der Waals surface area contributed by atoms with Crippen molar-refractivity contribution in [1.82, 2.24) is 4.98 Å². The Balaban J connectivity index is 0.00000112. The fourth-order valence-corrected chi connectivity index (χ4v) is 2.06. The fraction of sp³-hybridized carbons (Fsp3) is 0.545. The molecule has 1 atom stereocenters. The van der Waals surface area contributed by atoms with Crippen LogP contribution in [0.25, 0.3) is 0 Å². The van der Waals surface area contributed by atoms with Crippen molar-refractivity contribution in [2.45, 2.75) is 25.8 Å². The number of rotatable bonds is 2. The molecule has 3 nitrogen and oxygen atoms in total. The Bertz CT molecular complexity index is 316. The molecular weight excluding hydrogens is 210 g/mol. The molecule has 0 bridgehead atoms. The highest BCUT2D eigenvalue weighted by Crippen LogP contribution is 2.23. The summed E-state index contributed by atoms with van der Waals surface area (Å²) in [4.78, 5) is 6.72. The molecule has 1 aliphatic heterocycles. The molecule has 0 radical (unpaired) electrons. The average Bonchev–Trinajstić information content (AvgIpc) is 2.65. The van der Waals surface area contributed by atoms with Crippen LogP contribution in [-0.2, 0) is 0 Å². The summed E-state index contributed by atoms with van der Waals surface area (Å²) in [7, 11) is 0. The number of nitrogens with two attached hydrogens (primary N) is 1. The average molecular weight is 228 g/mol. The van der Waals surface area contributed by atoms with Crippen LogP contribution >= 0.6 is 12.4 Å². The van der Waals surface area contributed by atoms with Gasteiger partial charge in [0.1, 0.15) is 5.82 Å².